The van der Waals surface area contributed by atoms with Gasteiger partial charge < -0.3 is 10.5 Å². The fourth-order valence-corrected chi connectivity index (χ4v) is 0.950. The Kier molecular flexibility index (Phi) is 3.20. The van der Waals surface area contributed by atoms with Gasteiger partial charge in [0.05, 0.1) is 5.69 Å². The summed E-state index contributed by atoms with van der Waals surface area (Å²) in [4.78, 5) is 9.99. The quantitative estimate of drug-likeness (QED) is 0.569. The molecular weight excluding hydrogens is 169 g/mol. The van der Waals surface area contributed by atoms with Gasteiger partial charge in [-0.2, -0.15) is 0 Å². The molecule has 0 saturated carbocycles. The number of nitrogens with two attached hydrogens (primary N) is 1. The molecule has 2 N–H and O–H groups in total. The van der Waals surface area contributed by atoms with Crippen LogP contribution in [0.25, 0.3) is 6.08 Å². The Balaban J connectivity index is 2.88. The first kappa shape index (κ1) is 9.45. The highest BCUT2D eigenvalue weighted by molar-refractivity contribution is 5.66. The molecule has 68 valence electrons. The molecule has 13 heavy (non-hydrogen) atoms. The first-order valence-corrected chi connectivity index (χ1v) is 3.90. The van der Waals surface area contributed by atoms with Crippen molar-refractivity contribution in [3.63, 3.8) is 0 Å². The zero-order valence-electron chi connectivity index (χ0n) is 7.03. The van der Waals surface area contributed by atoms with Gasteiger partial charge in [0.25, 0.3) is 0 Å². The molecule has 0 aliphatic heterocycles. The van der Waals surface area contributed by atoms with E-state index in [1.54, 1.807) is 24.3 Å². The molecule has 0 amide bonds. The van der Waals surface area contributed by atoms with Crippen molar-refractivity contribution in [1.82, 2.24) is 0 Å². The van der Waals surface area contributed by atoms with Crippen LogP contribution in [0.4, 0.5) is 10.1 Å². The largest absolute Gasteiger partial charge is 0.396 e. The Bertz CT molecular complexity index is 334. The number of anilines is 1. The lowest BCUT2D eigenvalue weighted by atomic mass is 10.1. The molecule has 3 heteroatoms. The molecule has 1 aromatic carbocycles. The average Bonchev–Trinajstić information content (AvgIpc) is 2.13. The third-order valence-electron chi connectivity index (χ3n) is 1.62. The minimum Gasteiger partial charge on any atom is -0.396 e. The lowest BCUT2D eigenvalue weighted by Gasteiger charge is -1.99. The van der Waals surface area contributed by atoms with E-state index in [4.69, 9.17) is 5.73 Å². The molecule has 2 nitrogen and oxygen atoms in total. The first-order chi connectivity index (χ1) is 6.25. The monoisotopic (exact) mass is 179 g/mol. The average molecular weight is 179 g/mol. The van der Waals surface area contributed by atoms with E-state index < -0.39 is 5.82 Å². The molecule has 0 radical (unpaired) electrons. The zero-order valence-corrected chi connectivity index (χ0v) is 7.03. The van der Waals surface area contributed by atoms with Crippen molar-refractivity contribution in [2.45, 2.75) is 6.42 Å². The Labute approximate surface area is 75.9 Å². The van der Waals surface area contributed by atoms with Gasteiger partial charge in [-0.3, -0.25) is 0 Å². The third-order valence-corrected chi connectivity index (χ3v) is 1.62. The molecule has 0 aromatic heterocycles. The second-order valence-corrected chi connectivity index (χ2v) is 2.55. The van der Waals surface area contributed by atoms with Crippen LogP contribution in [-0.4, -0.2) is 6.29 Å². The van der Waals surface area contributed by atoms with Crippen molar-refractivity contribution in [3.8, 4) is 0 Å². The maximum atomic E-state index is 12.9. The van der Waals surface area contributed by atoms with E-state index >= 15 is 0 Å². The molecule has 0 fully saturated rings. The highest BCUT2D eigenvalue weighted by Crippen LogP contribution is 2.16. The van der Waals surface area contributed by atoms with Crippen LogP contribution in [0.15, 0.2) is 24.3 Å². The smallest absolute Gasteiger partial charge is 0.146 e. The van der Waals surface area contributed by atoms with Gasteiger partial charge in [0.15, 0.2) is 0 Å². The number of carbonyl (C=O) groups excluding carboxylic acids is 1. The number of allylic oxidation sites excluding steroid dienone is 1. The molecule has 0 atom stereocenters. The second-order valence-electron chi connectivity index (χ2n) is 2.55. The standard InChI is InChI=1S/C10H10FNO/c11-9-6-3-5-8(10(9)12)4-1-2-7-13/h1,3-7H,2,12H2. The molecular formula is C10H10FNO. The van der Waals surface area contributed by atoms with E-state index in [0.29, 0.717) is 12.0 Å². The zero-order chi connectivity index (χ0) is 9.68. The molecule has 0 unspecified atom stereocenters. The van der Waals surface area contributed by atoms with Crippen molar-refractivity contribution in [1.29, 1.82) is 0 Å². The molecule has 0 bridgehead atoms. The lowest BCUT2D eigenvalue weighted by molar-refractivity contribution is -0.107. The summed E-state index contributed by atoms with van der Waals surface area (Å²) in [6.07, 6.45) is 4.35. The lowest BCUT2D eigenvalue weighted by Crippen LogP contribution is -1.93. The van der Waals surface area contributed by atoms with Crippen molar-refractivity contribution < 1.29 is 9.18 Å². The van der Waals surface area contributed by atoms with Crippen LogP contribution in [-0.2, 0) is 4.79 Å². The van der Waals surface area contributed by atoms with Gasteiger partial charge in [0, 0.05) is 12.0 Å². The summed E-state index contributed by atoms with van der Waals surface area (Å²) in [6.45, 7) is 0. The number of halogens is 1. The maximum absolute atomic E-state index is 12.9. The van der Waals surface area contributed by atoms with Gasteiger partial charge in [-0.15, -0.1) is 0 Å². The summed E-state index contributed by atoms with van der Waals surface area (Å²) in [7, 11) is 0. The van der Waals surface area contributed by atoms with Gasteiger partial charge in [-0.05, 0) is 6.07 Å². The topological polar surface area (TPSA) is 43.1 Å². The molecule has 0 aliphatic carbocycles. The van der Waals surface area contributed by atoms with Crippen LogP contribution in [0.2, 0.25) is 0 Å². The molecule has 0 saturated heterocycles. The second kappa shape index (κ2) is 4.40. The Morgan fingerprint density at radius 1 is 1.46 bits per heavy atom. The third kappa shape index (κ3) is 2.40. The highest BCUT2D eigenvalue weighted by atomic mass is 19.1. The normalized spacial score (nSPS) is 10.5. The summed E-state index contributed by atoms with van der Waals surface area (Å²) >= 11 is 0. The van der Waals surface area contributed by atoms with E-state index in [1.807, 2.05) is 0 Å². The molecule has 1 rings (SSSR count). The van der Waals surface area contributed by atoms with E-state index in [9.17, 15) is 9.18 Å². The van der Waals surface area contributed by atoms with Gasteiger partial charge in [-0.1, -0.05) is 24.3 Å². The van der Waals surface area contributed by atoms with E-state index in [-0.39, 0.29) is 5.69 Å². The minimum atomic E-state index is -0.437. The van der Waals surface area contributed by atoms with Crippen LogP contribution in [0.1, 0.15) is 12.0 Å². The number of benzene rings is 1. The highest BCUT2D eigenvalue weighted by Gasteiger charge is 1.99. The Morgan fingerprint density at radius 2 is 2.23 bits per heavy atom. The number of nitrogen functional groups attached to an aromatic ring is 1. The van der Waals surface area contributed by atoms with Crippen molar-refractivity contribution in [2.75, 3.05) is 5.73 Å². The molecule has 0 spiro atoms. The molecule has 0 heterocycles. The number of aldehydes is 1. The van der Waals surface area contributed by atoms with Crippen LogP contribution in [0, 0.1) is 5.82 Å². The van der Waals surface area contributed by atoms with E-state index in [1.165, 1.54) is 6.07 Å². The maximum Gasteiger partial charge on any atom is 0.146 e. The predicted molar refractivity (Wildman–Crippen MR) is 50.5 cm³/mol. The van der Waals surface area contributed by atoms with Crippen LogP contribution in [0.3, 0.4) is 0 Å². The van der Waals surface area contributed by atoms with Gasteiger partial charge in [0.2, 0.25) is 0 Å². The number of hydrogen-bond acceptors (Lipinski definition) is 2. The summed E-state index contributed by atoms with van der Waals surface area (Å²) in [6, 6.07) is 4.57. The van der Waals surface area contributed by atoms with Crippen LogP contribution in [0.5, 0.6) is 0 Å². The predicted octanol–water partition coefficient (Wildman–Crippen LogP) is 2.01. The summed E-state index contributed by atoms with van der Waals surface area (Å²) < 4.78 is 12.9. The van der Waals surface area contributed by atoms with Crippen molar-refractivity contribution in [2.24, 2.45) is 0 Å². The van der Waals surface area contributed by atoms with Gasteiger partial charge in [0.1, 0.15) is 12.1 Å². The minimum absolute atomic E-state index is 0.115. The number of para-hydroxylation sites is 1. The molecule has 1 aromatic rings. The van der Waals surface area contributed by atoms with E-state index in [2.05, 4.69) is 0 Å². The molecule has 0 aliphatic rings. The van der Waals surface area contributed by atoms with Crippen LogP contribution >= 0.6 is 0 Å². The summed E-state index contributed by atoms with van der Waals surface area (Å²) in [5.41, 5.74) is 6.16. The van der Waals surface area contributed by atoms with E-state index in [0.717, 1.165) is 6.29 Å². The SMILES string of the molecule is Nc1c(F)cccc1C=CCC=O. The van der Waals surface area contributed by atoms with Crippen LogP contribution < -0.4 is 5.73 Å². The number of carbonyl (C=O) groups is 1. The first-order valence-electron chi connectivity index (χ1n) is 3.90. The Morgan fingerprint density at radius 3 is 2.92 bits per heavy atom. The Hall–Kier alpha value is -1.64. The fourth-order valence-electron chi connectivity index (χ4n) is 0.950. The van der Waals surface area contributed by atoms with Crippen molar-refractivity contribution >= 4 is 18.0 Å². The van der Waals surface area contributed by atoms with Gasteiger partial charge >= 0.3 is 0 Å². The van der Waals surface area contributed by atoms with Crippen molar-refractivity contribution in [3.05, 3.63) is 35.7 Å². The summed E-state index contributed by atoms with van der Waals surface area (Å²) in [5, 5.41) is 0. The van der Waals surface area contributed by atoms with Gasteiger partial charge in [-0.25, -0.2) is 4.39 Å². The number of hydrogen-bond donors (Lipinski definition) is 1. The number of rotatable bonds is 3. The summed E-state index contributed by atoms with van der Waals surface area (Å²) in [5.74, 6) is -0.437. The fraction of sp³-hybridized carbons (Fsp3) is 0.100.